The number of nitrogens with zero attached hydrogens (tertiary/aromatic N) is 4. The number of fused-ring (bicyclic) bond motifs is 5. The van der Waals surface area contributed by atoms with Crippen molar-refractivity contribution in [3.63, 3.8) is 0 Å². The molecule has 7 rings (SSSR count). The molecule has 142 valence electrons. The average Bonchev–Trinajstić information content (AvgIpc) is 3.56. The molecule has 9 heteroatoms. The number of nitrogens with one attached hydrogen (secondary N) is 1. The molecular weight excluding hydrogens is 439 g/mol. The minimum absolute atomic E-state index is 0.988. The van der Waals surface area contributed by atoms with Crippen molar-refractivity contribution in [1.82, 2.24) is 24.2 Å². The predicted octanol–water partition coefficient (Wildman–Crippen LogP) is 6.83. The van der Waals surface area contributed by atoms with Gasteiger partial charge in [0.25, 0.3) is 0 Å². The largest absolute Gasteiger partial charge is 0.346 e. The molecule has 0 saturated heterocycles. The molecule has 0 spiro atoms. The lowest BCUT2D eigenvalue weighted by molar-refractivity contribution is 1.20. The van der Waals surface area contributed by atoms with Gasteiger partial charge >= 0.3 is 0 Å². The first-order valence-corrected chi connectivity index (χ1v) is 12.0. The molecule has 0 saturated carbocycles. The maximum Gasteiger partial charge on any atom is 0.105 e. The Kier molecular flexibility index (Phi) is 5.27. The molecule has 0 unspecified atom stereocenters. The highest BCUT2D eigenvalue weighted by molar-refractivity contribution is 7.21. The van der Waals surface area contributed by atoms with E-state index in [0.717, 1.165) is 20.4 Å². The third kappa shape index (κ3) is 3.90. The number of rotatable bonds is 0. The summed E-state index contributed by atoms with van der Waals surface area (Å²) >= 11 is 6.42. The third-order valence-corrected chi connectivity index (χ3v) is 7.32. The summed E-state index contributed by atoms with van der Waals surface area (Å²) in [5.41, 5.74) is 3.25. The minimum Gasteiger partial charge on any atom is -0.346 e. The maximum absolute atomic E-state index is 3.89. The van der Waals surface area contributed by atoms with Crippen LogP contribution in [0.2, 0.25) is 0 Å². The molecule has 1 N–H and O–H groups in total. The number of thiophene rings is 2. The monoisotopic (exact) mass is 451 g/mol. The van der Waals surface area contributed by atoms with E-state index >= 15 is 0 Å². The van der Waals surface area contributed by atoms with Gasteiger partial charge in [-0.15, -0.1) is 32.9 Å². The second-order valence-corrected chi connectivity index (χ2v) is 9.34. The zero-order chi connectivity index (χ0) is 19.5. The number of aromatic nitrogens is 5. The van der Waals surface area contributed by atoms with Crippen LogP contribution in [0.3, 0.4) is 0 Å². The van der Waals surface area contributed by atoms with E-state index in [1.165, 1.54) is 43.5 Å². The summed E-state index contributed by atoms with van der Waals surface area (Å²) in [6.45, 7) is 0. The van der Waals surface area contributed by atoms with Gasteiger partial charge < -0.3 is 4.98 Å². The van der Waals surface area contributed by atoms with Crippen LogP contribution in [0.25, 0.3) is 40.9 Å². The molecule has 29 heavy (non-hydrogen) atoms. The molecule has 0 radical (unpaired) electrons. The van der Waals surface area contributed by atoms with E-state index in [1.54, 1.807) is 22.7 Å². The van der Waals surface area contributed by atoms with Crippen LogP contribution >= 0.6 is 45.7 Å². The van der Waals surface area contributed by atoms with Crippen LogP contribution in [-0.2, 0) is 0 Å². The van der Waals surface area contributed by atoms with Crippen LogP contribution in [0, 0.1) is 0 Å². The Hall–Kier alpha value is -2.72. The average molecular weight is 452 g/mol. The number of hydrogen-bond donors (Lipinski definition) is 1. The van der Waals surface area contributed by atoms with E-state index < -0.39 is 0 Å². The van der Waals surface area contributed by atoms with Crippen molar-refractivity contribution in [1.29, 1.82) is 0 Å². The zero-order valence-electron chi connectivity index (χ0n) is 14.9. The molecule has 0 aliphatic rings. The van der Waals surface area contributed by atoms with Crippen LogP contribution < -0.4 is 0 Å². The Morgan fingerprint density at radius 3 is 1.93 bits per heavy atom. The van der Waals surface area contributed by atoms with Crippen LogP contribution in [0.5, 0.6) is 0 Å². The SMILES string of the molecule is c1cc2c([nH]c3ccsc32)s1.c1ccc2snnc2c1.c1ccc2snnc2c1. The first-order valence-electron chi connectivity index (χ1n) is 8.65. The number of H-pyrrole nitrogens is 1. The number of hydrogen-bond acceptors (Lipinski definition) is 8. The fourth-order valence-corrected chi connectivity index (χ4v) is 5.65. The van der Waals surface area contributed by atoms with E-state index in [1.807, 2.05) is 48.5 Å². The lowest BCUT2D eigenvalue weighted by Crippen LogP contribution is -1.63. The molecule has 0 fully saturated rings. The van der Waals surface area contributed by atoms with Gasteiger partial charge in [0.1, 0.15) is 15.9 Å². The summed E-state index contributed by atoms with van der Waals surface area (Å²) in [6.07, 6.45) is 0. The highest BCUT2D eigenvalue weighted by Gasteiger charge is 2.04. The Bertz CT molecular complexity index is 1310. The van der Waals surface area contributed by atoms with Crippen molar-refractivity contribution in [3.05, 3.63) is 71.4 Å². The van der Waals surface area contributed by atoms with Crippen LogP contribution in [0.15, 0.2) is 71.4 Å². The lowest BCUT2D eigenvalue weighted by Gasteiger charge is -1.78. The third-order valence-electron chi connectivity index (χ3n) is 4.13. The van der Waals surface area contributed by atoms with Crippen LogP contribution in [0.1, 0.15) is 0 Å². The summed E-state index contributed by atoms with van der Waals surface area (Å²) in [7, 11) is 0. The topological polar surface area (TPSA) is 67.3 Å². The van der Waals surface area contributed by atoms with Crippen molar-refractivity contribution in [3.8, 4) is 0 Å². The second-order valence-electron chi connectivity index (χ2n) is 5.93. The Morgan fingerprint density at radius 1 is 0.655 bits per heavy atom. The predicted molar refractivity (Wildman–Crippen MR) is 126 cm³/mol. The highest BCUT2D eigenvalue weighted by Crippen LogP contribution is 2.32. The fraction of sp³-hybridized carbons (Fsp3) is 0. The molecule has 5 nitrogen and oxygen atoms in total. The van der Waals surface area contributed by atoms with Gasteiger partial charge in [-0.05, 0) is 70.2 Å². The standard InChI is InChI=1S/C8H5NS2.2C6H4N2S/c1-3-11-8-5(1)7-6(9-8)2-4-10-7;2*1-2-4-6-5(3-1)7-8-9-6/h1-4,9H;2*1-4H. The van der Waals surface area contributed by atoms with E-state index in [0.29, 0.717) is 0 Å². The smallest absolute Gasteiger partial charge is 0.105 e. The van der Waals surface area contributed by atoms with E-state index in [9.17, 15) is 0 Å². The quantitative estimate of drug-likeness (QED) is 0.274. The Morgan fingerprint density at radius 2 is 1.28 bits per heavy atom. The van der Waals surface area contributed by atoms with Gasteiger partial charge in [0, 0.05) is 5.39 Å². The van der Waals surface area contributed by atoms with Gasteiger partial charge in [-0.1, -0.05) is 33.2 Å². The molecule has 5 aromatic heterocycles. The van der Waals surface area contributed by atoms with Gasteiger partial charge in [-0.2, -0.15) is 0 Å². The molecule has 2 aromatic carbocycles. The minimum atomic E-state index is 0.988. The molecule has 0 aliphatic carbocycles. The van der Waals surface area contributed by atoms with Gasteiger partial charge in [-0.25, -0.2) is 0 Å². The summed E-state index contributed by atoms with van der Waals surface area (Å²) < 4.78 is 11.3. The Labute approximate surface area is 181 Å². The highest BCUT2D eigenvalue weighted by atomic mass is 32.1. The first kappa shape index (κ1) is 18.3. The fourth-order valence-electron chi connectivity index (χ4n) is 2.77. The summed E-state index contributed by atoms with van der Waals surface area (Å²) in [5, 5.41) is 13.4. The maximum atomic E-state index is 3.89. The first-order chi connectivity index (χ1) is 14.4. The molecular formula is C20H13N5S4. The molecule has 7 aromatic rings. The molecule has 0 atom stereocenters. The summed E-state index contributed by atoms with van der Waals surface area (Å²) in [6, 6.07) is 20.2. The van der Waals surface area contributed by atoms with E-state index in [4.69, 9.17) is 0 Å². The summed E-state index contributed by atoms with van der Waals surface area (Å²) in [4.78, 5) is 4.66. The molecule has 0 amide bonds. The van der Waals surface area contributed by atoms with Gasteiger partial charge in [0.05, 0.1) is 19.6 Å². The van der Waals surface area contributed by atoms with Crippen molar-refractivity contribution < 1.29 is 0 Å². The molecule has 0 bridgehead atoms. The molecule has 5 heterocycles. The van der Waals surface area contributed by atoms with Gasteiger partial charge in [-0.3, -0.25) is 0 Å². The van der Waals surface area contributed by atoms with E-state index in [-0.39, 0.29) is 0 Å². The van der Waals surface area contributed by atoms with Crippen LogP contribution in [0.4, 0.5) is 0 Å². The van der Waals surface area contributed by atoms with Crippen molar-refractivity contribution >= 4 is 86.6 Å². The Balaban J connectivity index is 0.0000000947. The number of aromatic amines is 1. The summed E-state index contributed by atoms with van der Waals surface area (Å²) in [5.74, 6) is 0. The second kappa shape index (κ2) is 8.34. The van der Waals surface area contributed by atoms with E-state index in [2.05, 4.69) is 47.1 Å². The van der Waals surface area contributed by atoms with Crippen molar-refractivity contribution in [2.24, 2.45) is 0 Å². The van der Waals surface area contributed by atoms with Crippen molar-refractivity contribution in [2.75, 3.05) is 0 Å². The zero-order valence-corrected chi connectivity index (χ0v) is 18.1. The van der Waals surface area contributed by atoms with Gasteiger partial charge in [0.15, 0.2) is 0 Å². The number of benzene rings is 2. The van der Waals surface area contributed by atoms with Crippen LogP contribution in [-0.4, -0.2) is 24.2 Å². The van der Waals surface area contributed by atoms with Gasteiger partial charge in [0.2, 0.25) is 0 Å². The molecule has 0 aliphatic heterocycles. The lowest BCUT2D eigenvalue weighted by atomic mass is 10.3. The normalized spacial score (nSPS) is 10.8. The van der Waals surface area contributed by atoms with Crippen molar-refractivity contribution in [2.45, 2.75) is 0 Å².